The van der Waals surface area contributed by atoms with Gasteiger partial charge in [0.15, 0.2) is 0 Å². The van der Waals surface area contributed by atoms with Crippen LogP contribution < -0.4 is 0 Å². The smallest absolute Gasteiger partial charge is 0.338 e. The maximum Gasteiger partial charge on any atom is 0.338 e. The fraction of sp³-hybridized carbons (Fsp3) is 0.136. The number of ether oxygens (including phenoxy) is 1. The van der Waals surface area contributed by atoms with E-state index in [0.717, 1.165) is 32.9 Å². The molecule has 0 saturated heterocycles. The number of aromatic nitrogens is 1. The van der Waals surface area contributed by atoms with E-state index in [9.17, 15) is 9.18 Å². The largest absolute Gasteiger partial charge is 0.462 e. The summed E-state index contributed by atoms with van der Waals surface area (Å²) in [5.74, 6) is -0.547. The molecule has 1 N–H and O–H groups in total. The Balaban J connectivity index is 1.77. The molecule has 130 valence electrons. The number of hydrogen-bond acceptors (Lipinski definition) is 2. The summed E-state index contributed by atoms with van der Waals surface area (Å²) >= 11 is 0. The highest BCUT2D eigenvalue weighted by Gasteiger charge is 2.11. The van der Waals surface area contributed by atoms with Gasteiger partial charge in [-0.3, -0.25) is 0 Å². The van der Waals surface area contributed by atoms with E-state index in [1.807, 2.05) is 30.3 Å². The third kappa shape index (κ3) is 3.06. The first-order valence-corrected chi connectivity index (χ1v) is 8.60. The van der Waals surface area contributed by atoms with E-state index in [1.54, 1.807) is 25.1 Å². The van der Waals surface area contributed by atoms with Crippen LogP contribution in [0.2, 0.25) is 0 Å². The lowest BCUT2D eigenvalue weighted by atomic mass is 10.0. The van der Waals surface area contributed by atoms with E-state index in [2.05, 4.69) is 11.1 Å². The molecular weight excluding hydrogens is 329 g/mol. The molecule has 0 aliphatic carbocycles. The van der Waals surface area contributed by atoms with Crippen molar-refractivity contribution in [2.24, 2.45) is 0 Å². The fourth-order valence-corrected chi connectivity index (χ4v) is 3.28. The molecule has 0 bridgehead atoms. The van der Waals surface area contributed by atoms with Crippen molar-refractivity contribution in [2.75, 3.05) is 6.61 Å². The van der Waals surface area contributed by atoms with Crippen LogP contribution in [0, 0.1) is 5.82 Å². The molecule has 26 heavy (non-hydrogen) atoms. The molecule has 1 heterocycles. The second-order valence-corrected chi connectivity index (χ2v) is 6.29. The van der Waals surface area contributed by atoms with Crippen molar-refractivity contribution in [1.29, 1.82) is 0 Å². The number of carbonyl (C=O) groups excluding carboxylic acids is 1. The lowest BCUT2D eigenvalue weighted by Gasteiger charge is -2.04. The molecule has 4 heteroatoms. The van der Waals surface area contributed by atoms with E-state index in [-0.39, 0.29) is 11.8 Å². The molecule has 1 aromatic heterocycles. The van der Waals surface area contributed by atoms with Gasteiger partial charge in [0.25, 0.3) is 0 Å². The third-order valence-corrected chi connectivity index (χ3v) is 4.47. The molecule has 0 fully saturated rings. The zero-order chi connectivity index (χ0) is 18.1. The summed E-state index contributed by atoms with van der Waals surface area (Å²) in [5.41, 5.74) is 4.53. The maximum atomic E-state index is 13.4. The molecule has 0 aliphatic rings. The van der Waals surface area contributed by atoms with Gasteiger partial charge in [-0.25, -0.2) is 9.18 Å². The van der Waals surface area contributed by atoms with Crippen molar-refractivity contribution in [1.82, 2.24) is 4.98 Å². The zero-order valence-corrected chi connectivity index (χ0v) is 14.4. The highest BCUT2D eigenvalue weighted by molar-refractivity contribution is 6.09. The van der Waals surface area contributed by atoms with Crippen molar-refractivity contribution in [2.45, 2.75) is 13.3 Å². The molecule has 0 amide bonds. The normalized spacial score (nSPS) is 11.2. The molecule has 0 atom stereocenters. The van der Waals surface area contributed by atoms with E-state index in [0.29, 0.717) is 18.6 Å². The number of H-pyrrole nitrogens is 1. The third-order valence-electron chi connectivity index (χ3n) is 4.47. The molecule has 3 aromatic carbocycles. The van der Waals surface area contributed by atoms with Crippen molar-refractivity contribution in [3.05, 3.63) is 83.2 Å². The van der Waals surface area contributed by atoms with Gasteiger partial charge in [-0.1, -0.05) is 18.2 Å². The van der Waals surface area contributed by atoms with Crippen molar-refractivity contribution >= 4 is 27.8 Å². The van der Waals surface area contributed by atoms with Crippen LogP contribution >= 0.6 is 0 Å². The minimum absolute atomic E-state index is 0.227. The van der Waals surface area contributed by atoms with Gasteiger partial charge >= 0.3 is 5.97 Å². The van der Waals surface area contributed by atoms with E-state index >= 15 is 0 Å². The van der Waals surface area contributed by atoms with Crippen molar-refractivity contribution in [3.8, 4) is 0 Å². The minimum atomic E-state index is -0.320. The number of fused-ring (bicyclic) bond motifs is 3. The average molecular weight is 347 g/mol. The van der Waals surface area contributed by atoms with Crippen molar-refractivity contribution in [3.63, 3.8) is 0 Å². The highest BCUT2D eigenvalue weighted by atomic mass is 19.1. The van der Waals surface area contributed by atoms with Gasteiger partial charge in [-0.15, -0.1) is 0 Å². The predicted octanol–water partition coefficient (Wildman–Crippen LogP) is 5.23. The molecule has 3 nitrogen and oxygen atoms in total. The summed E-state index contributed by atoms with van der Waals surface area (Å²) in [4.78, 5) is 15.4. The van der Waals surface area contributed by atoms with E-state index in [1.165, 1.54) is 6.07 Å². The predicted molar refractivity (Wildman–Crippen MR) is 101 cm³/mol. The molecular formula is C22H18FNO2. The van der Waals surface area contributed by atoms with Gasteiger partial charge in [0.2, 0.25) is 0 Å². The minimum Gasteiger partial charge on any atom is -0.462 e. The van der Waals surface area contributed by atoms with Crippen LogP contribution in [0.5, 0.6) is 0 Å². The van der Waals surface area contributed by atoms with Crippen LogP contribution in [-0.2, 0) is 11.2 Å². The molecule has 0 unspecified atom stereocenters. The van der Waals surface area contributed by atoms with Crippen LogP contribution in [0.3, 0.4) is 0 Å². The van der Waals surface area contributed by atoms with Gasteiger partial charge in [0.1, 0.15) is 5.82 Å². The monoisotopic (exact) mass is 347 g/mol. The summed E-state index contributed by atoms with van der Waals surface area (Å²) in [7, 11) is 0. The number of esters is 1. The number of halogens is 1. The summed E-state index contributed by atoms with van der Waals surface area (Å²) in [6, 6.07) is 18.3. The van der Waals surface area contributed by atoms with Gasteiger partial charge in [-0.05, 0) is 66.9 Å². The van der Waals surface area contributed by atoms with Crippen LogP contribution in [-0.4, -0.2) is 17.6 Å². The first-order chi connectivity index (χ1) is 12.6. The Labute approximate surface area is 150 Å². The molecule has 4 aromatic rings. The van der Waals surface area contributed by atoms with E-state index < -0.39 is 0 Å². The Morgan fingerprint density at radius 2 is 1.69 bits per heavy atom. The van der Waals surface area contributed by atoms with E-state index in [4.69, 9.17) is 4.74 Å². The number of hydrogen-bond donors (Lipinski definition) is 1. The number of carbonyl (C=O) groups is 1. The SMILES string of the molecule is CCOC(=O)c1ccc2[nH]c3ccc(Cc4cccc(F)c4)cc3c2c1. The van der Waals surface area contributed by atoms with Gasteiger partial charge in [0.05, 0.1) is 12.2 Å². The number of rotatable bonds is 4. The average Bonchev–Trinajstić information content (AvgIpc) is 2.99. The second-order valence-electron chi connectivity index (χ2n) is 6.29. The van der Waals surface area contributed by atoms with Crippen LogP contribution in [0.4, 0.5) is 4.39 Å². The Kier molecular flexibility index (Phi) is 4.17. The van der Waals surface area contributed by atoms with Gasteiger partial charge in [-0.2, -0.15) is 0 Å². The lowest BCUT2D eigenvalue weighted by Crippen LogP contribution is -2.03. The number of benzene rings is 3. The van der Waals surface area contributed by atoms with Crippen LogP contribution in [0.25, 0.3) is 21.8 Å². The Bertz CT molecular complexity index is 1110. The summed E-state index contributed by atoms with van der Waals surface area (Å²) < 4.78 is 18.5. The molecule has 0 aliphatic heterocycles. The summed E-state index contributed by atoms with van der Waals surface area (Å²) in [6.45, 7) is 2.14. The van der Waals surface area contributed by atoms with Gasteiger partial charge < -0.3 is 9.72 Å². The molecule has 0 spiro atoms. The zero-order valence-electron chi connectivity index (χ0n) is 14.4. The fourth-order valence-electron chi connectivity index (χ4n) is 3.28. The Morgan fingerprint density at radius 3 is 2.46 bits per heavy atom. The molecule has 0 radical (unpaired) electrons. The standard InChI is InChI=1S/C22H18FNO2/c1-2-26-22(25)16-7-9-21-19(13-16)18-12-15(6-8-20(18)24-21)10-14-4-3-5-17(23)11-14/h3-9,11-13,24H,2,10H2,1H3. The Hall–Kier alpha value is -3.14. The summed E-state index contributed by atoms with van der Waals surface area (Å²) in [6.07, 6.45) is 0.651. The van der Waals surface area contributed by atoms with Crippen molar-refractivity contribution < 1.29 is 13.9 Å². The first-order valence-electron chi connectivity index (χ1n) is 8.60. The highest BCUT2D eigenvalue weighted by Crippen LogP contribution is 2.28. The first kappa shape index (κ1) is 16.3. The second kappa shape index (κ2) is 6.64. The summed E-state index contributed by atoms with van der Waals surface area (Å²) in [5, 5.41) is 2.02. The number of aromatic amines is 1. The van der Waals surface area contributed by atoms with Crippen LogP contribution in [0.15, 0.2) is 60.7 Å². The maximum absolute atomic E-state index is 13.4. The van der Waals surface area contributed by atoms with Gasteiger partial charge in [0, 0.05) is 21.8 Å². The number of nitrogens with one attached hydrogen (secondary N) is 1. The lowest BCUT2D eigenvalue weighted by molar-refractivity contribution is 0.0526. The Morgan fingerprint density at radius 1 is 0.962 bits per heavy atom. The molecule has 0 saturated carbocycles. The van der Waals surface area contributed by atoms with Crippen LogP contribution in [0.1, 0.15) is 28.4 Å². The molecule has 4 rings (SSSR count). The quantitative estimate of drug-likeness (QED) is 0.514. The topological polar surface area (TPSA) is 42.1 Å².